The minimum Gasteiger partial charge on any atom is -0.487 e. The van der Waals surface area contributed by atoms with Crippen molar-refractivity contribution in [1.82, 2.24) is 20.3 Å². The van der Waals surface area contributed by atoms with Gasteiger partial charge >= 0.3 is 0 Å². The number of anilines is 4. The van der Waals surface area contributed by atoms with Gasteiger partial charge in [0.1, 0.15) is 0 Å². The van der Waals surface area contributed by atoms with Crippen LogP contribution in [0.25, 0.3) is 0 Å². The van der Waals surface area contributed by atoms with Crippen molar-refractivity contribution in [2.45, 2.75) is 83.8 Å². The second-order valence-electron chi connectivity index (χ2n) is 9.45. The third kappa shape index (κ3) is 7.92. The van der Waals surface area contributed by atoms with Gasteiger partial charge in [-0.15, -0.1) is 0 Å². The number of hydrogen-bond acceptors (Lipinski definition) is 8. The van der Waals surface area contributed by atoms with Crippen LogP contribution < -0.4 is 26.0 Å². The first-order valence-electron chi connectivity index (χ1n) is 13.4. The quantitative estimate of drug-likeness (QED) is 0.351. The first kappa shape index (κ1) is 25.4. The highest BCUT2D eigenvalue weighted by molar-refractivity contribution is 5.57. The van der Waals surface area contributed by atoms with Gasteiger partial charge in [0.2, 0.25) is 17.8 Å². The van der Waals surface area contributed by atoms with Crippen LogP contribution in [0, 0.1) is 11.7 Å². The molecule has 0 amide bonds. The summed E-state index contributed by atoms with van der Waals surface area (Å²) < 4.78 is 20.1. The van der Waals surface area contributed by atoms with Crippen LogP contribution in [0.1, 0.15) is 71.6 Å². The number of hydrogen-bond donors (Lipinski definition) is 4. The molecule has 8 nitrogen and oxygen atoms in total. The molecule has 1 aromatic carbocycles. The second kappa shape index (κ2) is 12.9. The highest BCUT2D eigenvalue weighted by atomic mass is 19.1. The Kier molecular flexibility index (Phi) is 9.34. The van der Waals surface area contributed by atoms with E-state index in [0.29, 0.717) is 41.2 Å². The summed E-state index contributed by atoms with van der Waals surface area (Å²) in [6, 6.07) is 5.29. The molecule has 5 rings (SSSR count). The van der Waals surface area contributed by atoms with Crippen LogP contribution in [0.15, 0.2) is 18.2 Å². The number of halogens is 1. The molecule has 1 aliphatic heterocycles. The van der Waals surface area contributed by atoms with Crippen molar-refractivity contribution in [3.8, 4) is 5.75 Å². The zero-order valence-corrected chi connectivity index (χ0v) is 21.1. The van der Waals surface area contributed by atoms with Gasteiger partial charge in [-0.2, -0.15) is 15.0 Å². The third-order valence-electron chi connectivity index (χ3n) is 6.58. The van der Waals surface area contributed by atoms with Crippen LogP contribution in [0.3, 0.4) is 0 Å². The van der Waals surface area contributed by atoms with Crippen LogP contribution in [0.4, 0.5) is 27.9 Å². The summed E-state index contributed by atoms with van der Waals surface area (Å²) in [5, 5.41) is 13.4. The fourth-order valence-electron chi connectivity index (χ4n) is 4.53. The van der Waals surface area contributed by atoms with E-state index in [9.17, 15) is 4.39 Å². The summed E-state index contributed by atoms with van der Waals surface area (Å²) in [5.74, 6) is 1.99. The molecule has 9 heteroatoms. The minimum absolute atomic E-state index is 0.155. The van der Waals surface area contributed by atoms with Crippen molar-refractivity contribution in [3.05, 3.63) is 24.0 Å². The van der Waals surface area contributed by atoms with Gasteiger partial charge in [0, 0.05) is 30.9 Å². The Morgan fingerprint density at radius 2 is 1.60 bits per heavy atom. The molecule has 0 radical (unpaired) electrons. The summed E-state index contributed by atoms with van der Waals surface area (Å²) in [6.07, 6.45) is 10.9. The van der Waals surface area contributed by atoms with Crippen molar-refractivity contribution < 1.29 is 9.13 Å². The van der Waals surface area contributed by atoms with E-state index in [-0.39, 0.29) is 11.9 Å². The van der Waals surface area contributed by atoms with E-state index in [2.05, 4.69) is 36.2 Å². The number of nitrogens with one attached hydrogen (secondary N) is 4. The molecule has 2 aliphatic carbocycles. The molecule has 1 atom stereocenters. The second-order valence-corrected chi connectivity index (χ2v) is 9.45. The Morgan fingerprint density at radius 1 is 0.886 bits per heavy atom. The van der Waals surface area contributed by atoms with Crippen molar-refractivity contribution in [1.29, 1.82) is 0 Å². The molecule has 2 heterocycles. The van der Waals surface area contributed by atoms with E-state index in [0.717, 1.165) is 38.9 Å². The van der Waals surface area contributed by atoms with E-state index >= 15 is 0 Å². The van der Waals surface area contributed by atoms with Crippen molar-refractivity contribution in [3.63, 3.8) is 0 Å². The Bertz CT molecular complexity index is 928. The van der Waals surface area contributed by atoms with Gasteiger partial charge in [0.05, 0.1) is 6.10 Å². The summed E-state index contributed by atoms with van der Waals surface area (Å²) in [6.45, 7) is 6.67. The van der Waals surface area contributed by atoms with Gasteiger partial charge in [0.25, 0.3) is 0 Å². The number of aromatic nitrogens is 3. The molecule has 1 unspecified atom stereocenters. The first-order valence-corrected chi connectivity index (χ1v) is 13.4. The molecule has 0 bridgehead atoms. The lowest BCUT2D eigenvalue weighted by Gasteiger charge is -2.22. The van der Waals surface area contributed by atoms with Crippen LogP contribution in [0.5, 0.6) is 5.75 Å². The molecule has 4 N–H and O–H groups in total. The summed E-state index contributed by atoms with van der Waals surface area (Å²) >= 11 is 0. The van der Waals surface area contributed by atoms with Gasteiger partial charge in [-0.25, -0.2) is 4.39 Å². The van der Waals surface area contributed by atoms with Gasteiger partial charge < -0.3 is 26.0 Å². The molecule has 3 aliphatic rings. The Balaban J connectivity index is 0.00000141. The number of ether oxygens (including phenoxy) is 1. The van der Waals surface area contributed by atoms with E-state index in [1.807, 2.05) is 13.8 Å². The van der Waals surface area contributed by atoms with Gasteiger partial charge in [0.15, 0.2) is 11.6 Å². The number of rotatable bonds is 10. The molecule has 35 heavy (non-hydrogen) atoms. The van der Waals surface area contributed by atoms with Crippen LogP contribution in [-0.4, -0.2) is 46.7 Å². The maximum atomic E-state index is 14.5. The van der Waals surface area contributed by atoms with Crippen LogP contribution in [-0.2, 0) is 0 Å². The fourth-order valence-corrected chi connectivity index (χ4v) is 4.53. The average molecular weight is 486 g/mol. The average Bonchev–Trinajstić information content (AvgIpc) is 3.55. The number of nitrogens with zero attached hydrogens (tertiary/aromatic N) is 3. The zero-order chi connectivity index (χ0) is 24.5. The molecule has 1 saturated heterocycles. The van der Waals surface area contributed by atoms with E-state index in [4.69, 9.17) is 4.74 Å². The van der Waals surface area contributed by atoms with Gasteiger partial charge in [-0.1, -0.05) is 33.1 Å². The molecule has 0 spiro atoms. The summed E-state index contributed by atoms with van der Waals surface area (Å²) in [7, 11) is 0. The maximum absolute atomic E-state index is 14.5. The largest absolute Gasteiger partial charge is 0.487 e. The molecule has 2 saturated carbocycles. The Morgan fingerprint density at radius 3 is 2.26 bits per heavy atom. The number of benzene rings is 1. The lowest BCUT2D eigenvalue weighted by Crippen LogP contribution is -2.30. The molecule has 3 fully saturated rings. The molecule has 1 aromatic heterocycles. The summed E-state index contributed by atoms with van der Waals surface area (Å²) in [5.41, 5.74) is 0.573. The Hall–Kier alpha value is -2.68. The smallest absolute Gasteiger partial charge is 0.233 e. The topological polar surface area (TPSA) is 96.0 Å². The first-order chi connectivity index (χ1) is 17.2. The summed E-state index contributed by atoms with van der Waals surface area (Å²) in [4.78, 5) is 13.7. The minimum atomic E-state index is -0.387. The lowest BCUT2D eigenvalue weighted by atomic mass is 9.89. The monoisotopic (exact) mass is 485 g/mol. The molecular formula is C26H40FN7O. The van der Waals surface area contributed by atoms with E-state index in [1.54, 1.807) is 12.1 Å². The SMILES string of the molecule is CC.Fc1cc(Nc2nc(NCC3CCCCC3)nc(NCC3CCCN3)n2)ccc1OC1CC1. The highest BCUT2D eigenvalue weighted by Gasteiger charge is 2.25. The Labute approximate surface area is 208 Å². The molecular weight excluding hydrogens is 445 g/mol. The van der Waals surface area contributed by atoms with Crippen LogP contribution in [0.2, 0.25) is 0 Å². The maximum Gasteiger partial charge on any atom is 0.233 e. The van der Waals surface area contributed by atoms with Crippen LogP contribution >= 0.6 is 0 Å². The van der Waals surface area contributed by atoms with Crippen molar-refractivity contribution in [2.75, 3.05) is 35.6 Å². The zero-order valence-electron chi connectivity index (χ0n) is 21.1. The van der Waals surface area contributed by atoms with Gasteiger partial charge in [-0.05, 0) is 63.1 Å². The predicted molar refractivity (Wildman–Crippen MR) is 139 cm³/mol. The van der Waals surface area contributed by atoms with E-state index in [1.165, 1.54) is 44.6 Å². The lowest BCUT2D eigenvalue weighted by molar-refractivity contribution is 0.287. The standard InChI is InChI=1S/C24H34FN7O.C2H6/c25-20-13-17(8-11-21(20)33-19-9-10-19)29-24-31-22(27-14-16-5-2-1-3-6-16)30-23(32-24)28-15-18-7-4-12-26-18;1-2/h8,11,13,16,18-19,26H,1-7,9-10,12,14-15H2,(H3,27,28,29,30,31,32);1-2H3. The van der Waals surface area contributed by atoms with Gasteiger partial charge in [-0.3, -0.25) is 0 Å². The van der Waals surface area contributed by atoms with Crippen molar-refractivity contribution >= 4 is 23.5 Å². The molecule has 192 valence electrons. The van der Waals surface area contributed by atoms with E-state index < -0.39 is 0 Å². The third-order valence-corrected chi connectivity index (χ3v) is 6.58. The fraction of sp³-hybridized carbons (Fsp3) is 0.654. The normalized spacial score (nSPS) is 20.0. The van der Waals surface area contributed by atoms with Crippen molar-refractivity contribution in [2.24, 2.45) is 5.92 Å². The highest BCUT2D eigenvalue weighted by Crippen LogP contribution is 2.30. The molecule has 2 aromatic rings. The predicted octanol–water partition coefficient (Wildman–Crippen LogP) is 5.48.